The first-order valence-corrected chi connectivity index (χ1v) is 9.40. The predicted molar refractivity (Wildman–Crippen MR) is 106 cm³/mol. The largest absolute Gasteiger partial charge is 0.459 e. The summed E-state index contributed by atoms with van der Waals surface area (Å²) in [6.45, 7) is 10.1. The summed E-state index contributed by atoms with van der Waals surface area (Å²) in [5.41, 5.74) is 2.03. The number of rotatable bonds is 7. The van der Waals surface area contributed by atoms with Crippen LogP contribution in [0.3, 0.4) is 0 Å². The van der Waals surface area contributed by atoms with E-state index in [0.29, 0.717) is 25.4 Å². The van der Waals surface area contributed by atoms with Crippen LogP contribution in [0.15, 0.2) is 38.2 Å². The number of hydrogen-bond donors (Lipinski definition) is 2. The van der Waals surface area contributed by atoms with Gasteiger partial charge in [-0.05, 0) is 19.9 Å². The third kappa shape index (κ3) is 4.67. The van der Waals surface area contributed by atoms with E-state index in [-0.39, 0.29) is 5.92 Å². The zero-order valence-corrected chi connectivity index (χ0v) is 16.4. The van der Waals surface area contributed by atoms with Crippen LogP contribution in [0.2, 0.25) is 0 Å². The van der Waals surface area contributed by atoms with Gasteiger partial charge in [0.15, 0.2) is 11.8 Å². The topological polar surface area (TPSA) is 88.5 Å². The molecular formula is C20H27N5O2. The molecule has 0 radical (unpaired) electrons. The molecule has 0 saturated carbocycles. The Morgan fingerprint density at radius 3 is 2.74 bits per heavy atom. The molecule has 2 aromatic heterocycles. The molecule has 0 amide bonds. The molecule has 7 nitrogen and oxygen atoms in total. The van der Waals surface area contributed by atoms with E-state index in [2.05, 4.69) is 38.8 Å². The van der Waals surface area contributed by atoms with Crippen LogP contribution in [0, 0.1) is 6.92 Å². The van der Waals surface area contributed by atoms with Gasteiger partial charge in [-0.25, -0.2) is 4.99 Å². The second-order valence-corrected chi connectivity index (χ2v) is 6.72. The molecule has 7 heteroatoms. The molecule has 2 heterocycles. The fourth-order valence-corrected chi connectivity index (χ4v) is 2.76. The van der Waals surface area contributed by atoms with Crippen molar-refractivity contribution in [3.63, 3.8) is 0 Å². The lowest BCUT2D eigenvalue weighted by atomic mass is 10.1. The van der Waals surface area contributed by atoms with Gasteiger partial charge in [-0.15, -0.1) is 0 Å². The number of nitrogens with zero attached hydrogens (tertiary/aromatic N) is 3. The minimum Gasteiger partial charge on any atom is -0.459 e. The van der Waals surface area contributed by atoms with Gasteiger partial charge in [0.1, 0.15) is 17.9 Å². The first-order chi connectivity index (χ1) is 13.1. The summed E-state index contributed by atoms with van der Waals surface area (Å²) in [7, 11) is 0. The van der Waals surface area contributed by atoms with Crippen LogP contribution in [-0.4, -0.2) is 29.2 Å². The van der Waals surface area contributed by atoms with Gasteiger partial charge in [-0.1, -0.05) is 37.2 Å². The van der Waals surface area contributed by atoms with Crippen molar-refractivity contribution in [3.05, 3.63) is 47.3 Å². The van der Waals surface area contributed by atoms with Crippen LogP contribution in [0.25, 0.3) is 11.0 Å². The Hall–Kier alpha value is -2.83. The van der Waals surface area contributed by atoms with Gasteiger partial charge in [0.2, 0.25) is 5.89 Å². The SMILES string of the molecule is CCNC(=NCc1oc2ccccc2c1C)NCCc1nc(C(C)C)no1. The van der Waals surface area contributed by atoms with Gasteiger partial charge >= 0.3 is 0 Å². The van der Waals surface area contributed by atoms with E-state index in [1.54, 1.807) is 0 Å². The average Bonchev–Trinajstić information content (AvgIpc) is 3.25. The van der Waals surface area contributed by atoms with Crippen molar-refractivity contribution in [1.82, 2.24) is 20.8 Å². The number of benzene rings is 1. The normalized spacial score (nSPS) is 12.1. The van der Waals surface area contributed by atoms with E-state index in [9.17, 15) is 0 Å². The molecule has 3 aromatic rings. The van der Waals surface area contributed by atoms with Crippen molar-refractivity contribution < 1.29 is 8.94 Å². The molecule has 0 bridgehead atoms. The molecule has 2 N–H and O–H groups in total. The van der Waals surface area contributed by atoms with E-state index < -0.39 is 0 Å². The number of nitrogens with one attached hydrogen (secondary N) is 2. The van der Waals surface area contributed by atoms with Crippen molar-refractivity contribution in [2.75, 3.05) is 13.1 Å². The number of hydrogen-bond acceptors (Lipinski definition) is 5. The minimum atomic E-state index is 0.265. The Kier molecular flexibility index (Phi) is 6.11. The lowest BCUT2D eigenvalue weighted by Gasteiger charge is -2.10. The van der Waals surface area contributed by atoms with Crippen LogP contribution in [0.5, 0.6) is 0 Å². The zero-order valence-electron chi connectivity index (χ0n) is 16.4. The molecule has 27 heavy (non-hydrogen) atoms. The smallest absolute Gasteiger partial charge is 0.228 e. The van der Waals surface area contributed by atoms with E-state index in [4.69, 9.17) is 8.94 Å². The Morgan fingerprint density at radius 1 is 1.22 bits per heavy atom. The van der Waals surface area contributed by atoms with E-state index in [0.717, 1.165) is 40.6 Å². The van der Waals surface area contributed by atoms with E-state index in [1.165, 1.54) is 0 Å². The fraction of sp³-hybridized carbons (Fsp3) is 0.450. The van der Waals surface area contributed by atoms with Crippen molar-refractivity contribution >= 4 is 16.9 Å². The predicted octanol–water partition coefficient (Wildman–Crippen LogP) is 3.55. The number of furan rings is 1. The maximum atomic E-state index is 5.93. The molecule has 0 fully saturated rings. The van der Waals surface area contributed by atoms with Gasteiger partial charge < -0.3 is 19.6 Å². The highest BCUT2D eigenvalue weighted by molar-refractivity contribution is 5.82. The van der Waals surface area contributed by atoms with Gasteiger partial charge in [0.25, 0.3) is 0 Å². The van der Waals surface area contributed by atoms with Crippen molar-refractivity contribution in [2.24, 2.45) is 4.99 Å². The highest BCUT2D eigenvalue weighted by Crippen LogP contribution is 2.25. The number of para-hydroxylation sites is 1. The lowest BCUT2D eigenvalue weighted by molar-refractivity contribution is 0.371. The molecule has 0 aliphatic rings. The summed E-state index contributed by atoms with van der Waals surface area (Å²) in [4.78, 5) is 9.03. The molecule has 0 saturated heterocycles. The second kappa shape index (κ2) is 8.70. The van der Waals surface area contributed by atoms with Gasteiger partial charge in [-0.2, -0.15) is 4.98 Å². The summed E-state index contributed by atoms with van der Waals surface area (Å²) >= 11 is 0. The zero-order chi connectivity index (χ0) is 19.2. The van der Waals surface area contributed by atoms with Gasteiger partial charge in [0, 0.05) is 36.4 Å². The number of aliphatic imine (C=N–C) groups is 1. The van der Waals surface area contributed by atoms with E-state index >= 15 is 0 Å². The number of aryl methyl sites for hydroxylation is 1. The highest BCUT2D eigenvalue weighted by atomic mass is 16.5. The number of guanidine groups is 1. The highest BCUT2D eigenvalue weighted by Gasteiger charge is 2.11. The molecule has 0 aliphatic carbocycles. The summed E-state index contributed by atoms with van der Waals surface area (Å²) in [6, 6.07) is 8.05. The summed E-state index contributed by atoms with van der Waals surface area (Å²) in [5.74, 6) is 3.26. The summed E-state index contributed by atoms with van der Waals surface area (Å²) < 4.78 is 11.2. The second-order valence-electron chi connectivity index (χ2n) is 6.72. The maximum Gasteiger partial charge on any atom is 0.228 e. The van der Waals surface area contributed by atoms with Crippen LogP contribution in [-0.2, 0) is 13.0 Å². The molecule has 3 rings (SSSR count). The molecule has 0 unspecified atom stereocenters. The van der Waals surface area contributed by atoms with E-state index in [1.807, 2.05) is 39.0 Å². The quantitative estimate of drug-likeness (QED) is 0.489. The molecular weight excluding hydrogens is 342 g/mol. The Balaban J connectivity index is 1.60. The van der Waals surface area contributed by atoms with Crippen molar-refractivity contribution in [1.29, 1.82) is 0 Å². The van der Waals surface area contributed by atoms with Crippen LogP contribution < -0.4 is 10.6 Å². The van der Waals surface area contributed by atoms with Crippen molar-refractivity contribution in [3.8, 4) is 0 Å². The molecule has 1 aromatic carbocycles. The summed E-state index contributed by atoms with van der Waals surface area (Å²) in [5, 5.41) is 11.7. The maximum absolute atomic E-state index is 5.93. The van der Waals surface area contributed by atoms with Gasteiger partial charge in [-0.3, -0.25) is 0 Å². The Labute approximate surface area is 159 Å². The first-order valence-electron chi connectivity index (χ1n) is 9.40. The average molecular weight is 369 g/mol. The third-order valence-electron chi connectivity index (χ3n) is 4.30. The summed E-state index contributed by atoms with van der Waals surface area (Å²) in [6.07, 6.45) is 0.647. The monoisotopic (exact) mass is 369 g/mol. The van der Waals surface area contributed by atoms with Crippen LogP contribution in [0.4, 0.5) is 0 Å². The van der Waals surface area contributed by atoms with Crippen molar-refractivity contribution in [2.45, 2.75) is 46.6 Å². The van der Waals surface area contributed by atoms with Crippen LogP contribution in [0.1, 0.15) is 49.7 Å². The van der Waals surface area contributed by atoms with Crippen LogP contribution >= 0.6 is 0 Å². The lowest BCUT2D eigenvalue weighted by Crippen LogP contribution is -2.38. The molecule has 0 aliphatic heterocycles. The number of fused-ring (bicyclic) bond motifs is 1. The molecule has 144 valence electrons. The molecule has 0 spiro atoms. The number of aromatic nitrogens is 2. The fourth-order valence-electron chi connectivity index (χ4n) is 2.76. The molecule has 0 atom stereocenters. The Morgan fingerprint density at radius 2 is 2.04 bits per heavy atom. The minimum absolute atomic E-state index is 0.265. The first kappa shape index (κ1) is 18.9. The Bertz CT molecular complexity index is 910. The van der Waals surface area contributed by atoms with Gasteiger partial charge in [0.05, 0.1) is 0 Å². The standard InChI is InChI=1S/C20H27N5O2/c1-5-21-20(22-11-10-18-24-19(13(2)3)25-27-18)23-12-17-14(4)15-8-6-7-9-16(15)26-17/h6-9,13H,5,10-12H2,1-4H3,(H2,21,22,23). The third-order valence-corrected chi connectivity index (χ3v) is 4.30.